The molecule has 0 saturated heterocycles. The van der Waals surface area contributed by atoms with Crippen LogP contribution in [0.3, 0.4) is 0 Å². The van der Waals surface area contributed by atoms with Crippen LogP contribution >= 0.6 is 39.1 Å². The zero-order valence-electron chi connectivity index (χ0n) is 8.73. The van der Waals surface area contributed by atoms with Crippen molar-refractivity contribution in [1.82, 2.24) is 4.98 Å². The number of aromatic amines is 1. The van der Waals surface area contributed by atoms with E-state index in [9.17, 15) is 9.18 Å². The molecule has 0 spiro atoms. The average Bonchev–Trinajstić information content (AvgIpc) is 2.70. The van der Waals surface area contributed by atoms with Gasteiger partial charge in [0.1, 0.15) is 11.5 Å². The molecule has 2 aromatic rings. The van der Waals surface area contributed by atoms with Crippen LogP contribution in [-0.4, -0.2) is 10.9 Å². The number of carbonyl (C=O) groups is 1. The SMILES string of the molecule is O=C(Nc1c(Cl)cc(F)cc1Br)c1cc(Cl)c[nH]1. The van der Waals surface area contributed by atoms with Crippen LogP contribution in [0.1, 0.15) is 10.5 Å². The van der Waals surface area contributed by atoms with Gasteiger partial charge in [0.05, 0.1) is 15.7 Å². The lowest BCUT2D eigenvalue weighted by Gasteiger charge is -2.08. The molecule has 0 unspecified atom stereocenters. The highest BCUT2D eigenvalue weighted by Gasteiger charge is 2.14. The summed E-state index contributed by atoms with van der Waals surface area (Å²) in [5, 5.41) is 3.09. The molecule has 0 aliphatic carbocycles. The first-order valence-corrected chi connectivity index (χ1v) is 6.32. The van der Waals surface area contributed by atoms with Gasteiger partial charge in [-0.05, 0) is 34.1 Å². The Morgan fingerprint density at radius 3 is 2.61 bits per heavy atom. The number of amides is 1. The number of hydrogen-bond acceptors (Lipinski definition) is 1. The minimum absolute atomic E-state index is 0.105. The van der Waals surface area contributed by atoms with Crippen LogP contribution < -0.4 is 5.32 Å². The summed E-state index contributed by atoms with van der Waals surface area (Å²) in [6, 6.07) is 3.80. The first-order valence-electron chi connectivity index (χ1n) is 4.77. The van der Waals surface area contributed by atoms with Gasteiger partial charge in [-0.2, -0.15) is 0 Å². The summed E-state index contributed by atoms with van der Waals surface area (Å²) in [6.45, 7) is 0. The molecule has 0 radical (unpaired) electrons. The van der Waals surface area contributed by atoms with Gasteiger partial charge >= 0.3 is 0 Å². The summed E-state index contributed by atoms with van der Waals surface area (Å²) in [6.07, 6.45) is 1.48. The molecule has 0 atom stereocenters. The van der Waals surface area contributed by atoms with E-state index in [0.717, 1.165) is 6.07 Å². The fourth-order valence-corrected chi connectivity index (χ4v) is 2.40. The van der Waals surface area contributed by atoms with E-state index in [1.807, 2.05) is 0 Å². The van der Waals surface area contributed by atoms with Gasteiger partial charge in [0.15, 0.2) is 0 Å². The first kappa shape index (κ1) is 13.4. The van der Waals surface area contributed by atoms with E-state index in [0.29, 0.717) is 15.2 Å². The van der Waals surface area contributed by atoms with Gasteiger partial charge < -0.3 is 10.3 Å². The predicted octanol–water partition coefficient (Wildman–Crippen LogP) is 4.48. The highest BCUT2D eigenvalue weighted by atomic mass is 79.9. The number of carbonyl (C=O) groups excluding carboxylic acids is 1. The van der Waals surface area contributed by atoms with Gasteiger partial charge in [-0.25, -0.2) is 4.39 Å². The topological polar surface area (TPSA) is 44.9 Å². The number of hydrogen-bond donors (Lipinski definition) is 2. The highest BCUT2D eigenvalue weighted by Crippen LogP contribution is 2.32. The van der Waals surface area contributed by atoms with Gasteiger partial charge in [-0.1, -0.05) is 23.2 Å². The zero-order valence-corrected chi connectivity index (χ0v) is 11.8. The Labute approximate surface area is 120 Å². The number of rotatable bonds is 2. The van der Waals surface area contributed by atoms with E-state index in [-0.39, 0.29) is 10.7 Å². The molecule has 2 N–H and O–H groups in total. The molecule has 2 rings (SSSR count). The van der Waals surface area contributed by atoms with Crippen molar-refractivity contribution >= 4 is 50.7 Å². The van der Waals surface area contributed by atoms with Crippen LogP contribution in [0.5, 0.6) is 0 Å². The first-order chi connectivity index (χ1) is 8.47. The fraction of sp³-hybridized carbons (Fsp3) is 0. The van der Waals surface area contributed by atoms with Crippen LogP contribution in [-0.2, 0) is 0 Å². The van der Waals surface area contributed by atoms with Crippen molar-refractivity contribution in [2.24, 2.45) is 0 Å². The zero-order chi connectivity index (χ0) is 13.3. The van der Waals surface area contributed by atoms with Crippen LogP contribution in [0, 0.1) is 5.82 Å². The molecule has 94 valence electrons. The number of nitrogens with one attached hydrogen (secondary N) is 2. The minimum atomic E-state index is -0.493. The molecule has 7 heteroatoms. The summed E-state index contributed by atoms with van der Waals surface area (Å²) >= 11 is 14.7. The monoisotopic (exact) mass is 350 g/mol. The molecule has 1 amide bonds. The second-order valence-corrected chi connectivity index (χ2v) is 5.13. The smallest absolute Gasteiger partial charge is 0.272 e. The quantitative estimate of drug-likeness (QED) is 0.823. The lowest BCUT2D eigenvalue weighted by molar-refractivity contribution is 0.102. The molecular weight excluding hydrogens is 346 g/mol. The van der Waals surface area contributed by atoms with E-state index < -0.39 is 11.7 Å². The van der Waals surface area contributed by atoms with Crippen molar-refractivity contribution in [2.75, 3.05) is 5.32 Å². The summed E-state index contributed by atoms with van der Waals surface area (Å²) in [7, 11) is 0. The van der Waals surface area contributed by atoms with Crippen LogP contribution in [0.15, 0.2) is 28.9 Å². The van der Waals surface area contributed by atoms with Gasteiger partial charge in [-0.15, -0.1) is 0 Å². The summed E-state index contributed by atoms with van der Waals surface area (Å²) in [4.78, 5) is 14.5. The molecule has 1 aromatic heterocycles. The van der Waals surface area contributed by atoms with Crippen molar-refractivity contribution < 1.29 is 9.18 Å². The Bertz CT molecular complexity index is 592. The number of aromatic nitrogens is 1. The number of benzene rings is 1. The Morgan fingerprint density at radius 1 is 1.33 bits per heavy atom. The Kier molecular flexibility index (Phi) is 3.94. The Hall–Kier alpha value is -1.04. The molecule has 0 fully saturated rings. The maximum atomic E-state index is 13.0. The van der Waals surface area contributed by atoms with Crippen molar-refractivity contribution in [3.05, 3.63) is 50.4 Å². The second kappa shape index (κ2) is 5.30. The van der Waals surface area contributed by atoms with E-state index in [4.69, 9.17) is 23.2 Å². The minimum Gasteiger partial charge on any atom is -0.356 e. The Morgan fingerprint density at radius 2 is 2.06 bits per heavy atom. The van der Waals surface area contributed by atoms with Gasteiger partial charge in [0.2, 0.25) is 0 Å². The second-order valence-electron chi connectivity index (χ2n) is 3.43. The summed E-state index contributed by atoms with van der Waals surface area (Å²) in [5.74, 6) is -0.913. The molecular formula is C11H6BrCl2FN2O. The van der Waals surface area contributed by atoms with E-state index in [2.05, 4.69) is 26.2 Å². The van der Waals surface area contributed by atoms with Gasteiger partial charge in [-0.3, -0.25) is 4.79 Å². The van der Waals surface area contributed by atoms with Gasteiger partial charge in [0.25, 0.3) is 5.91 Å². The third-order valence-electron chi connectivity index (χ3n) is 2.14. The molecule has 18 heavy (non-hydrogen) atoms. The van der Waals surface area contributed by atoms with Crippen LogP contribution in [0.25, 0.3) is 0 Å². The molecule has 1 heterocycles. The number of anilines is 1. The maximum Gasteiger partial charge on any atom is 0.272 e. The lowest BCUT2D eigenvalue weighted by atomic mass is 10.3. The molecule has 0 bridgehead atoms. The third-order valence-corrected chi connectivity index (χ3v) is 3.28. The molecule has 0 aliphatic heterocycles. The van der Waals surface area contributed by atoms with Crippen molar-refractivity contribution in [3.63, 3.8) is 0 Å². The van der Waals surface area contributed by atoms with Crippen molar-refractivity contribution in [1.29, 1.82) is 0 Å². The van der Waals surface area contributed by atoms with Crippen LogP contribution in [0.4, 0.5) is 10.1 Å². The molecule has 1 aromatic carbocycles. The third kappa shape index (κ3) is 2.85. The van der Waals surface area contributed by atoms with Crippen LogP contribution in [0.2, 0.25) is 10.0 Å². The Balaban J connectivity index is 2.27. The fourth-order valence-electron chi connectivity index (χ4n) is 1.34. The van der Waals surface area contributed by atoms with Crippen molar-refractivity contribution in [2.45, 2.75) is 0 Å². The van der Waals surface area contributed by atoms with E-state index in [1.54, 1.807) is 0 Å². The summed E-state index contributed by atoms with van der Waals surface area (Å²) < 4.78 is 13.4. The van der Waals surface area contributed by atoms with E-state index >= 15 is 0 Å². The van der Waals surface area contributed by atoms with Crippen molar-refractivity contribution in [3.8, 4) is 0 Å². The normalized spacial score (nSPS) is 10.4. The largest absolute Gasteiger partial charge is 0.356 e. The molecule has 0 aliphatic rings. The predicted molar refractivity (Wildman–Crippen MR) is 72.9 cm³/mol. The molecule has 0 saturated carbocycles. The maximum absolute atomic E-state index is 13.0. The van der Waals surface area contributed by atoms with E-state index in [1.165, 1.54) is 18.3 Å². The average molecular weight is 352 g/mol. The summed E-state index contributed by atoms with van der Waals surface area (Å²) in [5.41, 5.74) is 0.584. The lowest BCUT2D eigenvalue weighted by Crippen LogP contribution is -2.13. The highest BCUT2D eigenvalue weighted by molar-refractivity contribution is 9.10. The van der Waals surface area contributed by atoms with Gasteiger partial charge in [0, 0.05) is 10.7 Å². The number of H-pyrrole nitrogens is 1. The molecule has 3 nitrogen and oxygen atoms in total. The number of halogens is 4. The standard InChI is InChI=1S/C11H6BrCl2FN2O/c12-7-2-6(15)3-8(14)10(7)17-11(18)9-1-5(13)4-16-9/h1-4,16H,(H,17,18).